The molecule has 0 fully saturated rings. The van der Waals surface area contributed by atoms with Crippen LogP contribution < -0.4 is 10.1 Å². The summed E-state index contributed by atoms with van der Waals surface area (Å²) in [5.74, 6) is -0.390. The molecule has 0 saturated carbocycles. The first-order chi connectivity index (χ1) is 13.4. The minimum absolute atomic E-state index is 0.107. The third-order valence-electron chi connectivity index (χ3n) is 4.50. The van der Waals surface area contributed by atoms with Crippen LogP contribution in [0.1, 0.15) is 12.8 Å². The highest BCUT2D eigenvalue weighted by atomic mass is 32.1. The molecular weight excluding hydrogens is 391 g/mol. The highest BCUT2D eigenvalue weighted by Gasteiger charge is 2.32. The van der Waals surface area contributed by atoms with Crippen LogP contribution in [0.15, 0.2) is 54.4 Å². The number of nitrogens with one attached hydrogen (secondary N) is 1. The van der Waals surface area contributed by atoms with Gasteiger partial charge in [-0.05, 0) is 48.7 Å². The Labute approximate surface area is 163 Å². The number of benzene rings is 1. The Bertz CT molecular complexity index is 935. The largest absolute Gasteiger partial charge is 0.573 e. The Morgan fingerprint density at radius 3 is 2.82 bits per heavy atom. The molecule has 0 radical (unpaired) electrons. The molecular formula is C19H16F3N3O2S. The molecule has 9 heteroatoms. The monoisotopic (exact) mass is 407 g/mol. The van der Waals surface area contributed by atoms with Gasteiger partial charge < -0.3 is 15.0 Å². The van der Waals surface area contributed by atoms with Crippen LogP contribution in [0.4, 0.5) is 18.3 Å². The molecule has 28 heavy (non-hydrogen) atoms. The van der Waals surface area contributed by atoms with Gasteiger partial charge in [0.1, 0.15) is 11.8 Å². The molecule has 1 unspecified atom stereocenters. The summed E-state index contributed by atoms with van der Waals surface area (Å²) in [6.45, 7) is 0.722. The van der Waals surface area contributed by atoms with Crippen molar-refractivity contribution in [2.75, 3.05) is 11.9 Å². The van der Waals surface area contributed by atoms with Crippen molar-refractivity contribution in [1.29, 1.82) is 0 Å². The van der Waals surface area contributed by atoms with E-state index in [-0.39, 0.29) is 17.7 Å². The maximum atomic E-state index is 12.7. The SMILES string of the molecule is O=C(Nc1ncc(-c2ccc(OC(F)(F)F)cc2)s1)C1CCC=C2C=CCN21. The number of fused-ring (bicyclic) bond motifs is 1. The van der Waals surface area contributed by atoms with Crippen molar-refractivity contribution in [3.8, 4) is 16.2 Å². The van der Waals surface area contributed by atoms with Crippen molar-refractivity contribution in [2.24, 2.45) is 0 Å². The predicted octanol–water partition coefficient (Wildman–Crippen LogP) is 4.57. The smallest absolute Gasteiger partial charge is 0.406 e. The molecule has 1 N–H and O–H groups in total. The summed E-state index contributed by atoms with van der Waals surface area (Å²) in [4.78, 5) is 19.7. The number of thiazole rings is 1. The fourth-order valence-corrected chi connectivity index (χ4v) is 4.10. The number of aromatic nitrogens is 1. The van der Waals surface area contributed by atoms with E-state index in [0.717, 1.165) is 30.0 Å². The lowest BCUT2D eigenvalue weighted by atomic mass is 10.0. The van der Waals surface area contributed by atoms with Crippen molar-refractivity contribution >= 4 is 22.4 Å². The highest BCUT2D eigenvalue weighted by molar-refractivity contribution is 7.19. The number of allylic oxidation sites excluding steroid dienone is 2. The summed E-state index contributed by atoms with van der Waals surface area (Å²) in [7, 11) is 0. The second-order valence-electron chi connectivity index (χ2n) is 6.37. The van der Waals surface area contributed by atoms with Crippen LogP contribution in [0.25, 0.3) is 10.4 Å². The van der Waals surface area contributed by atoms with E-state index >= 15 is 0 Å². The zero-order valence-electron chi connectivity index (χ0n) is 14.6. The fourth-order valence-electron chi connectivity index (χ4n) is 3.27. The molecule has 5 nitrogen and oxygen atoms in total. The Kier molecular flexibility index (Phi) is 4.84. The maximum absolute atomic E-state index is 12.7. The van der Waals surface area contributed by atoms with E-state index in [1.807, 2.05) is 12.2 Å². The van der Waals surface area contributed by atoms with Gasteiger partial charge in [-0.15, -0.1) is 13.2 Å². The number of carbonyl (C=O) groups excluding carboxylic acids is 1. The van der Waals surface area contributed by atoms with Gasteiger partial charge >= 0.3 is 6.36 Å². The normalized spacial score (nSPS) is 18.6. The zero-order valence-corrected chi connectivity index (χ0v) is 15.4. The first-order valence-electron chi connectivity index (χ1n) is 8.65. The summed E-state index contributed by atoms with van der Waals surface area (Å²) in [5.41, 5.74) is 1.77. The second-order valence-corrected chi connectivity index (χ2v) is 7.40. The van der Waals surface area contributed by atoms with Crippen LogP contribution in [0.2, 0.25) is 0 Å². The van der Waals surface area contributed by atoms with Crippen LogP contribution in [0.3, 0.4) is 0 Å². The number of rotatable bonds is 4. The van der Waals surface area contributed by atoms with Gasteiger partial charge in [0.15, 0.2) is 5.13 Å². The quantitative estimate of drug-likeness (QED) is 0.807. The Morgan fingerprint density at radius 1 is 1.29 bits per heavy atom. The van der Waals surface area contributed by atoms with Crippen molar-refractivity contribution in [1.82, 2.24) is 9.88 Å². The summed E-state index contributed by atoms with van der Waals surface area (Å²) in [6, 6.07) is 5.30. The van der Waals surface area contributed by atoms with Gasteiger partial charge in [0.2, 0.25) is 5.91 Å². The highest BCUT2D eigenvalue weighted by Crippen LogP contribution is 2.32. The number of amides is 1. The number of hydrogen-bond acceptors (Lipinski definition) is 5. The Balaban J connectivity index is 1.42. The average molecular weight is 407 g/mol. The lowest BCUT2D eigenvalue weighted by molar-refractivity contribution is -0.274. The molecule has 0 aliphatic carbocycles. The molecule has 3 heterocycles. The van der Waals surface area contributed by atoms with Crippen LogP contribution in [0.5, 0.6) is 5.75 Å². The standard InChI is InChI=1S/C19H16F3N3O2S/c20-19(21,22)27-14-8-6-12(7-9-14)16-11-23-18(28-16)24-17(26)15-5-1-3-13-4-2-10-25(13)15/h2-4,6-9,11,15H,1,5,10H2,(H,23,24,26). The molecule has 4 rings (SSSR count). The summed E-state index contributed by atoms with van der Waals surface area (Å²) in [5, 5.41) is 3.31. The molecule has 1 aromatic carbocycles. The van der Waals surface area contributed by atoms with Gasteiger partial charge in [0, 0.05) is 18.4 Å². The van der Waals surface area contributed by atoms with Gasteiger partial charge in [0.25, 0.3) is 0 Å². The Morgan fingerprint density at radius 2 is 2.07 bits per heavy atom. The number of anilines is 1. The molecule has 1 aromatic heterocycles. The molecule has 2 aliphatic heterocycles. The van der Waals surface area contributed by atoms with Crippen molar-refractivity contribution in [2.45, 2.75) is 25.2 Å². The van der Waals surface area contributed by atoms with E-state index in [9.17, 15) is 18.0 Å². The van der Waals surface area contributed by atoms with E-state index in [2.05, 4.69) is 26.0 Å². The van der Waals surface area contributed by atoms with E-state index in [4.69, 9.17) is 0 Å². The summed E-state index contributed by atoms with van der Waals surface area (Å²) < 4.78 is 40.6. The zero-order chi connectivity index (χ0) is 19.7. The lowest BCUT2D eigenvalue weighted by Gasteiger charge is -2.32. The van der Waals surface area contributed by atoms with Crippen molar-refractivity contribution in [3.05, 3.63) is 54.4 Å². The number of ether oxygens (including phenoxy) is 1. The second kappa shape index (κ2) is 7.31. The van der Waals surface area contributed by atoms with Crippen molar-refractivity contribution < 1.29 is 22.7 Å². The summed E-state index contributed by atoms with van der Waals surface area (Å²) >= 11 is 1.27. The lowest BCUT2D eigenvalue weighted by Crippen LogP contribution is -2.43. The van der Waals surface area contributed by atoms with Gasteiger partial charge in [0.05, 0.1) is 4.88 Å². The minimum atomic E-state index is -4.72. The molecule has 2 aliphatic rings. The van der Waals surface area contributed by atoms with E-state index in [1.165, 1.54) is 35.6 Å². The maximum Gasteiger partial charge on any atom is 0.573 e. The number of hydrogen-bond donors (Lipinski definition) is 1. The first kappa shape index (κ1) is 18.5. The van der Waals surface area contributed by atoms with E-state index in [0.29, 0.717) is 10.7 Å². The third kappa shape index (κ3) is 4.04. The van der Waals surface area contributed by atoms with E-state index < -0.39 is 6.36 Å². The molecule has 0 bridgehead atoms. The van der Waals surface area contributed by atoms with Gasteiger partial charge in [-0.25, -0.2) is 4.98 Å². The number of alkyl halides is 3. The predicted molar refractivity (Wildman–Crippen MR) is 99.8 cm³/mol. The molecule has 1 atom stereocenters. The molecule has 1 amide bonds. The molecule has 146 valence electrons. The summed E-state index contributed by atoms with van der Waals surface area (Å²) in [6.07, 6.45) is 4.64. The van der Waals surface area contributed by atoms with Crippen LogP contribution in [-0.4, -0.2) is 34.7 Å². The number of carbonyl (C=O) groups is 1. The van der Waals surface area contributed by atoms with E-state index in [1.54, 1.807) is 6.20 Å². The molecule has 2 aromatic rings. The van der Waals surface area contributed by atoms with Gasteiger partial charge in [-0.3, -0.25) is 4.79 Å². The first-order valence-corrected chi connectivity index (χ1v) is 9.47. The van der Waals surface area contributed by atoms with Crippen LogP contribution in [0, 0.1) is 0 Å². The topological polar surface area (TPSA) is 54.5 Å². The molecule has 0 spiro atoms. The molecule has 0 saturated heterocycles. The minimum Gasteiger partial charge on any atom is -0.406 e. The van der Waals surface area contributed by atoms with Crippen LogP contribution in [-0.2, 0) is 4.79 Å². The third-order valence-corrected chi connectivity index (χ3v) is 5.46. The van der Waals surface area contributed by atoms with Gasteiger partial charge in [-0.2, -0.15) is 0 Å². The van der Waals surface area contributed by atoms with Crippen molar-refractivity contribution in [3.63, 3.8) is 0 Å². The van der Waals surface area contributed by atoms with Gasteiger partial charge in [-0.1, -0.05) is 23.5 Å². The Hall–Kier alpha value is -2.81. The average Bonchev–Trinajstić information content (AvgIpc) is 3.30. The number of halogens is 3. The van der Waals surface area contributed by atoms with Crippen LogP contribution >= 0.6 is 11.3 Å². The number of nitrogens with zero attached hydrogens (tertiary/aromatic N) is 2. The fraction of sp³-hybridized carbons (Fsp3) is 0.263.